The number of halogens is 1. The van der Waals surface area contributed by atoms with Crippen LogP contribution in [-0.2, 0) is 16.0 Å². The number of amides is 2. The van der Waals surface area contributed by atoms with Crippen LogP contribution in [0.2, 0.25) is 5.02 Å². The van der Waals surface area contributed by atoms with Gasteiger partial charge in [-0.25, -0.2) is 0 Å². The molecule has 0 spiro atoms. The summed E-state index contributed by atoms with van der Waals surface area (Å²) in [4.78, 5) is 23.8. The lowest BCUT2D eigenvalue weighted by atomic mass is 10.1. The van der Waals surface area contributed by atoms with Gasteiger partial charge in [0.05, 0.1) is 11.6 Å². The molecule has 1 saturated heterocycles. The number of aryl methyl sites for hydroxylation is 1. The molecule has 2 aromatic rings. The molecule has 1 aliphatic heterocycles. The number of rotatable bonds is 7. The molecule has 0 aromatic heterocycles. The maximum atomic E-state index is 12.1. The van der Waals surface area contributed by atoms with Gasteiger partial charge in [-0.1, -0.05) is 54.1 Å². The van der Waals surface area contributed by atoms with Crippen LogP contribution in [0.5, 0.6) is 0 Å². The van der Waals surface area contributed by atoms with Gasteiger partial charge in [0.25, 0.3) is 11.1 Å². The van der Waals surface area contributed by atoms with Crippen LogP contribution in [0, 0.1) is 0 Å². The molecule has 2 amide bonds. The number of thioether (sulfide) groups is 1. The Hall–Kier alpha value is -2.24. The monoisotopic (exact) mass is 387 g/mol. The van der Waals surface area contributed by atoms with Gasteiger partial charge in [0, 0.05) is 5.56 Å². The molecule has 0 atom stereocenters. The summed E-state index contributed by atoms with van der Waals surface area (Å²) in [5, 5.41) is 2.34. The van der Waals surface area contributed by atoms with E-state index in [2.05, 4.69) is 17.4 Å². The van der Waals surface area contributed by atoms with Crippen LogP contribution in [0.4, 0.5) is 4.79 Å². The first-order valence-corrected chi connectivity index (χ1v) is 9.53. The number of hydrogen-bond donors (Lipinski definition) is 1. The van der Waals surface area contributed by atoms with Crippen LogP contribution in [-0.4, -0.2) is 17.8 Å². The summed E-state index contributed by atoms with van der Waals surface area (Å²) >= 11 is 7.10. The zero-order valence-electron chi connectivity index (χ0n) is 14.0. The molecule has 1 fully saturated rings. The third kappa shape index (κ3) is 4.68. The second-order valence-electron chi connectivity index (χ2n) is 5.77. The van der Waals surface area contributed by atoms with Crippen LogP contribution < -0.4 is 5.32 Å². The van der Waals surface area contributed by atoms with Gasteiger partial charge in [0.15, 0.2) is 0 Å². The maximum absolute atomic E-state index is 12.1. The Morgan fingerprint density at radius 2 is 1.73 bits per heavy atom. The molecule has 26 heavy (non-hydrogen) atoms. The normalized spacial score (nSPS) is 15.7. The minimum atomic E-state index is -0.445. The van der Waals surface area contributed by atoms with Crippen LogP contribution in [0.15, 0.2) is 59.5 Å². The smallest absolute Gasteiger partial charge is 0.291 e. The number of nitrogens with one attached hydrogen (secondary N) is 1. The number of imide groups is 1. The Balaban J connectivity index is 1.67. The predicted molar refractivity (Wildman–Crippen MR) is 105 cm³/mol. The Morgan fingerprint density at radius 1 is 1.00 bits per heavy atom. The van der Waals surface area contributed by atoms with Crippen molar-refractivity contribution in [2.75, 3.05) is 6.61 Å². The molecular weight excluding hydrogens is 370 g/mol. The van der Waals surface area contributed by atoms with Crippen LogP contribution in [0.1, 0.15) is 24.0 Å². The van der Waals surface area contributed by atoms with Crippen molar-refractivity contribution in [3.63, 3.8) is 0 Å². The number of carbonyl (C=O) groups is 2. The van der Waals surface area contributed by atoms with E-state index in [9.17, 15) is 9.59 Å². The maximum Gasteiger partial charge on any atom is 0.291 e. The predicted octanol–water partition coefficient (Wildman–Crippen LogP) is 5.03. The molecule has 1 N–H and O–H groups in total. The molecule has 0 radical (unpaired) electrons. The molecule has 1 aliphatic rings. The van der Waals surface area contributed by atoms with Crippen molar-refractivity contribution in [1.82, 2.24) is 5.32 Å². The summed E-state index contributed by atoms with van der Waals surface area (Å²) in [7, 11) is 0. The minimum Gasteiger partial charge on any atom is -0.491 e. The van der Waals surface area contributed by atoms with Gasteiger partial charge < -0.3 is 4.74 Å². The number of ether oxygens (including phenoxy) is 1. The van der Waals surface area contributed by atoms with Gasteiger partial charge in [-0.3, -0.25) is 14.9 Å². The van der Waals surface area contributed by atoms with Crippen LogP contribution in [0.3, 0.4) is 0 Å². The Bertz CT molecular complexity index is 836. The topological polar surface area (TPSA) is 55.4 Å². The van der Waals surface area contributed by atoms with E-state index in [0.717, 1.165) is 31.0 Å². The summed E-state index contributed by atoms with van der Waals surface area (Å²) in [5.41, 5.74) is 1.90. The van der Waals surface area contributed by atoms with Crippen LogP contribution >= 0.6 is 23.4 Å². The zero-order chi connectivity index (χ0) is 18.4. The van der Waals surface area contributed by atoms with Crippen molar-refractivity contribution in [2.45, 2.75) is 19.3 Å². The van der Waals surface area contributed by atoms with Crippen molar-refractivity contribution < 1.29 is 14.3 Å². The second kappa shape index (κ2) is 8.92. The molecule has 0 saturated carbocycles. The molecular formula is C20H18ClNO3S. The molecule has 0 unspecified atom stereocenters. The fraction of sp³-hybridized carbons (Fsp3) is 0.200. The fourth-order valence-electron chi connectivity index (χ4n) is 2.62. The van der Waals surface area contributed by atoms with E-state index < -0.39 is 11.1 Å². The highest BCUT2D eigenvalue weighted by Crippen LogP contribution is 2.35. The Morgan fingerprint density at radius 3 is 2.42 bits per heavy atom. The number of unbranched alkanes of at least 4 members (excludes halogenated alkanes) is 1. The van der Waals surface area contributed by atoms with E-state index in [0.29, 0.717) is 23.0 Å². The van der Waals surface area contributed by atoms with E-state index in [1.807, 2.05) is 24.3 Å². The van der Waals surface area contributed by atoms with E-state index in [-0.39, 0.29) is 4.91 Å². The van der Waals surface area contributed by atoms with Gasteiger partial charge in [0.2, 0.25) is 0 Å². The summed E-state index contributed by atoms with van der Waals surface area (Å²) in [6.45, 7) is 0.443. The summed E-state index contributed by atoms with van der Waals surface area (Å²) in [6, 6.07) is 17.4. The highest BCUT2D eigenvalue weighted by atomic mass is 35.5. The average Bonchev–Trinajstić information content (AvgIpc) is 2.98. The van der Waals surface area contributed by atoms with E-state index in [4.69, 9.17) is 16.3 Å². The Kier molecular flexibility index (Phi) is 6.36. The third-order valence-corrected chi connectivity index (χ3v) is 5.08. The zero-order valence-corrected chi connectivity index (χ0v) is 15.6. The second-order valence-corrected chi connectivity index (χ2v) is 7.16. The number of carbonyl (C=O) groups excluding carboxylic acids is 2. The van der Waals surface area contributed by atoms with E-state index in [1.165, 1.54) is 5.56 Å². The molecule has 0 aliphatic carbocycles. The van der Waals surface area contributed by atoms with Gasteiger partial charge in [-0.05, 0) is 48.7 Å². The molecule has 4 nitrogen and oxygen atoms in total. The van der Waals surface area contributed by atoms with Gasteiger partial charge in [-0.2, -0.15) is 0 Å². The van der Waals surface area contributed by atoms with E-state index in [1.54, 1.807) is 18.2 Å². The lowest BCUT2D eigenvalue weighted by molar-refractivity contribution is -0.115. The molecule has 2 aromatic carbocycles. The standard InChI is InChI=1S/C20H18ClNO3S/c21-16-12-5-4-11-15(16)17(18-19(23)22-20(24)26-18)25-13-7-6-10-14-8-2-1-3-9-14/h1-5,8-9,11-12H,6-7,10,13H2,(H,22,23,24). The van der Waals surface area contributed by atoms with Gasteiger partial charge in [0.1, 0.15) is 10.7 Å². The van der Waals surface area contributed by atoms with Crippen molar-refractivity contribution in [2.24, 2.45) is 0 Å². The average molecular weight is 388 g/mol. The number of benzene rings is 2. The molecule has 6 heteroatoms. The molecule has 0 bridgehead atoms. The van der Waals surface area contributed by atoms with Crippen molar-refractivity contribution in [3.05, 3.63) is 75.7 Å². The van der Waals surface area contributed by atoms with Crippen molar-refractivity contribution >= 4 is 40.3 Å². The molecule has 3 rings (SSSR count). The SMILES string of the molecule is O=C1NC(=O)C(=C(OCCCCc2ccccc2)c2ccccc2Cl)S1. The first-order chi connectivity index (χ1) is 12.6. The summed E-state index contributed by atoms with van der Waals surface area (Å²) in [5.74, 6) is -0.0807. The fourth-order valence-corrected chi connectivity index (χ4v) is 3.58. The lowest BCUT2D eigenvalue weighted by Crippen LogP contribution is -2.18. The Labute approximate surface area is 161 Å². The first-order valence-electron chi connectivity index (χ1n) is 8.34. The third-order valence-electron chi connectivity index (χ3n) is 3.89. The van der Waals surface area contributed by atoms with Crippen LogP contribution in [0.25, 0.3) is 5.76 Å². The number of hydrogen-bond acceptors (Lipinski definition) is 4. The first kappa shape index (κ1) is 18.5. The molecule has 134 valence electrons. The van der Waals surface area contributed by atoms with Crippen molar-refractivity contribution in [3.8, 4) is 0 Å². The van der Waals surface area contributed by atoms with Gasteiger partial charge >= 0.3 is 0 Å². The summed E-state index contributed by atoms with van der Waals surface area (Å²) < 4.78 is 5.91. The quantitative estimate of drug-likeness (QED) is 0.411. The van der Waals surface area contributed by atoms with Gasteiger partial charge in [-0.15, -0.1) is 0 Å². The molecule has 1 heterocycles. The largest absolute Gasteiger partial charge is 0.491 e. The summed E-state index contributed by atoms with van der Waals surface area (Å²) in [6.07, 6.45) is 2.76. The van der Waals surface area contributed by atoms with Crippen molar-refractivity contribution in [1.29, 1.82) is 0 Å². The van der Waals surface area contributed by atoms with E-state index >= 15 is 0 Å². The lowest BCUT2D eigenvalue weighted by Gasteiger charge is -2.13. The minimum absolute atomic E-state index is 0.256. The highest BCUT2D eigenvalue weighted by molar-refractivity contribution is 8.18. The highest BCUT2D eigenvalue weighted by Gasteiger charge is 2.31.